The fourth-order valence-corrected chi connectivity index (χ4v) is 4.58. The van der Waals surface area contributed by atoms with Crippen LogP contribution in [-0.4, -0.2) is 41.0 Å². The van der Waals surface area contributed by atoms with Crippen LogP contribution in [0.25, 0.3) is 22.4 Å². The summed E-state index contributed by atoms with van der Waals surface area (Å²) in [7, 11) is 1.64. The lowest BCUT2D eigenvalue weighted by Crippen LogP contribution is -2.23. The molecule has 0 bridgehead atoms. The molecule has 0 radical (unpaired) electrons. The zero-order valence-electron chi connectivity index (χ0n) is 18.2. The van der Waals surface area contributed by atoms with Crippen LogP contribution in [0.3, 0.4) is 0 Å². The van der Waals surface area contributed by atoms with Crippen molar-refractivity contribution >= 4 is 28.3 Å². The molecule has 1 aliphatic rings. The van der Waals surface area contributed by atoms with Crippen molar-refractivity contribution in [1.29, 1.82) is 0 Å². The summed E-state index contributed by atoms with van der Waals surface area (Å²) >= 11 is 1.59. The van der Waals surface area contributed by atoms with Crippen molar-refractivity contribution < 1.29 is 19.0 Å². The SMILES string of the molecule is COc1ccc(-c2nc3sc(CCNC(=O)C=Cc4ccc5c(c4)OCO5)c(C)n3n2)cc1. The summed E-state index contributed by atoms with van der Waals surface area (Å²) in [6, 6.07) is 13.3. The average molecular weight is 463 g/mol. The Bertz CT molecular complexity index is 1340. The summed E-state index contributed by atoms with van der Waals surface area (Å²) in [6.45, 7) is 2.78. The van der Waals surface area contributed by atoms with E-state index in [1.165, 1.54) is 6.08 Å². The minimum Gasteiger partial charge on any atom is -0.497 e. The van der Waals surface area contributed by atoms with Crippen LogP contribution in [0.5, 0.6) is 17.2 Å². The first-order valence-corrected chi connectivity index (χ1v) is 11.3. The Hall–Kier alpha value is -3.85. The van der Waals surface area contributed by atoms with Crippen LogP contribution < -0.4 is 19.5 Å². The van der Waals surface area contributed by atoms with Gasteiger partial charge < -0.3 is 19.5 Å². The lowest BCUT2D eigenvalue weighted by Gasteiger charge is -2.02. The molecule has 2 aromatic carbocycles. The van der Waals surface area contributed by atoms with Crippen molar-refractivity contribution in [3.05, 3.63) is 64.7 Å². The third-order valence-electron chi connectivity index (χ3n) is 5.34. The second-order valence-corrected chi connectivity index (χ2v) is 8.52. The minimum absolute atomic E-state index is 0.147. The van der Waals surface area contributed by atoms with Gasteiger partial charge in [-0.15, -0.1) is 5.10 Å². The molecule has 168 valence electrons. The Morgan fingerprint density at radius 3 is 2.82 bits per heavy atom. The molecule has 0 aliphatic carbocycles. The number of aryl methyl sites for hydroxylation is 1. The smallest absolute Gasteiger partial charge is 0.244 e. The Morgan fingerprint density at radius 1 is 1.21 bits per heavy atom. The number of nitrogens with zero attached hydrogens (tertiary/aromatic N) is 3. The molecule has 4 aromatic rings. The van der Waals surface area contributed by atoms with Crippen molar-refractivity contribution in [2.24, 2.45) is 0 Å². The van der Waals surface area contributed by atoms with E-state index in [0.717, 1.165) is 38.2 Å². The number of nitrogens with one attached hydrogen (secondary N) is 1. The van der Waals surface area contributed by atoms with E-state index in [0.29, 0.717) is 24.5 Å². The maximum atomic E-state index is 12.2. The maximum absolute atomic E-state index is 12.2. The fraction of sp³-hybridized carbons (Fsp3) is 0.208. The molecule has 9 heteroatoms. The molecule has 0 saturated heterocycles. The van der Waals surface area contributed by atoms with Gasteiger partial charge in [0.15, 0.2) is 17.3 Å². The number of carbonyl (C=O) groups excluding carboxylic acids is 1. The van der Waals surface area contributed by atoms with Gasteiger partial charge in [-0.05, 0) is 55.0 Å². The van der Waals surface area contributed by atoms with Gasteiger partial charge in [-0.2, -0.15) is 4.98 Å². The largest absolute Gasteiger partial charge is 0.497 e. The van der Waals surface area contributed by atoms with E-state index in [-0.39, 0.29) is 12.7 Å². The second-order valence-electron chi connectivity index (χ2n) is 7.46. The number of benzene rings is 2. The summed E-state index contributed by atoms with van der Waals surface area (Å²) < 4.78 is 17.7. The highest BCUT2D eigenvalue weighted by Gasteiger charge is 2.15. The van der Waals surface area contributed by atoms with Gasteiger partial charge in [-0.1, -0.05) is 17.4 Å². The van der Waals surface area contributed by atoms with Gasteiger partial charge >= 0.3 is 0 Å². The van der Waals surface area contributed by atoms with Gasteiger partial charge in [0, 0.05) is 29.5 Å². The Kier molecular flexibility index (Phi) is 5.70. The van der Waals surface area contributed by atoms with Gasteiger partial charge in [0.1, 0.15) is 5.75 Å². The number of hydrogen-bond acceptors (Lipinski definition) is 7. The highest BCUT2D eigenvalue weighted by molar-refractivity contribution is 7.17. The lowest BCUT2D eigenvalue weighted by molar-refractivity contribution is -0.116. The Labute approximate surface area is 194 Å². The molecule has 3 heterocycles. The van der Waals surface area contributed by atoms with E-state index >= 15 is 0 Å². The molecule has 33 heavy (non-hydrogen) atoms. The monoisotopic (exact) mass is 462 g/mol. The number of aromatic nitrogens is 3. The summed E-state index contributed by atoms with van der Waals surface area (Å²) in [5, 5.41) is 7.58. The molecule has 0 spiro atoms. The summed E-state index contributed by atoms with van der Waals surface area (Å²) in [4.78, 5) is 18.8. The zero-order valence-corrected chi connectivity index (χ0v) is 19.0. The van der Waals surface area contributed by atoms with Gasteiger partial charge in [0.05, 0.1) is 12.8 Å². The predicted molar refractivity (Wildman–Crippen MR) is 126 cm³/mol. The van der Waals surface area contributed by atoms with Crippen molar-refractivity contribution in [3.8, 4) is 28.6 Å². The normalized spacial score (nSPS) is 12.5. The van der Waals surface area contributed by atoms with E-state index in [4.69, 9.17) is 14.2 Å². The first-order chi connectivity index (χ1) is 16.1. The molecular weight excluding hydrogens is 440 g/mol. The third-order valence-corrected chi connectivity index (χ3v) is 6.53. The van der Waals surface area contributed by atoms with E-state index in [1.54, 1.807) is 24.5 Å². The van der Waals surface area contributed by atoms with Crippen LogP contribution in [-0.2, 0) is 11.2 Å². The first kappa shape index (κ1) is 21.0. The first-order valence-electron chi connectivity index (χ1n) is 10.5. The van der Waals surface area contributed by atoms with Crippen molar-refractivity contribution in [2.75, 3.05) is 20.4 Å². The van der Waals surface area contributed by atoms with Crippen LogP contribution in [0.2, 0.25) is 0 Å². The molecular formula is C24H22N4O4S. The Morgan fingerprint density at radius 2 is 2.03 bits per heavy atom. The topological polar surface area (TPSA) is 87.0 Å². The maximum Gasteiger partial charge on any atom is 0.244 e. The molecule has 1 aliphatic heterocycles. The highest BCUT2D eigenvalue weighted by Crippen LogP contribution is 2.32. The Balaban J connectivity index is 1.18. The number of fused-ring (bicyclic) bond motifs is 2. The van der Waals surface area contributed by atoms with Crippen LogP contribution in [0, 0.1) is 6.92 Å². The minimum atomic E-state index is -0.147. The quantitative estimate of drug-likeness (QED) is 0.420. The van der Waals surface area contributed by atoms with E-state index in [1.807, 2.05) is 53.9 Å². The molecule has 0 unspecified atom stereocenters. The fourth-order valence-electron chi connectivity index (χ4n) is 3.53. The number of amides is 1. The van der Waals surface area contributed by atoms with Crippen molar-refractivity contribution in [3.63, 3.8) is 0 Å². The number of carbonyl (C=O) groups is 1. The molecule has 1 N–H and O–H groups in total. The number of methoxy groups -OCH3 is 1. The highest BCUT2D eigenvalue weighted by atomic mass is 32.1. The summed E-state index contributed by atoms with van der Waals surface area (Å²) in [5.74, 6) is 2.75. The molecule has 5 rings (SSSR count). The van der Waals surface area contributed by atoms with E-state index in [9.17, 15) is 4.79 Å². The van der Waals surface area contributed by atoms with Gasteiger partial charge in [0.2, 0.25) is 17.7 Å². The lowest BCUT2D eigenvalue weighted by atomic mass is 10.2. The molecule has 1 amide bonds. The summed E-state index contributed by atoms with van der Waals surface area (Å²) in [5.41, 5.74) is 2.85. The van der Waals surface area contributed by atoms with Crippen LogP contribution in [0.4, 0.5) is 0 Å². The summed E-state index contributed by atoms with van der Waals surface area (Å²) in [6.07, 6.45) is 3.99. The zero-order chi connectivity index (χ0) is 22.8. The third kappa shape index (κ3) is 4.40. The van der Waals surface area contributed by atoms with E-state index < -0.39 is 0 Å². The average Bonchev–Trinajstić information content (AvgIpc) is 3.54. The molecule has 0 saturated carbocycles. The standard InChI is InChI=1S/C24H22N4O4S/c1-15-21(33-24-26-23(27-28(15)24)17-5-7-18(30-2)8-6-17)11-12-25-22(29)10-4-16-3-9-19-20(13-16)32-14-31-19/h3-10,13H,11-12,14H2,1-2H3,(H,25,29). The van der Waals surface area contributed by atoms with Crippen molar-refractivity contribution in [2.45, 2.75) is 13.3 Å². The van der Waals surface area contributed by atoms with E-state index in [2.05, 4.69) is 15.4 Å². The van der Waals surface area contributed by atoms with Gasteiger partial charge in [0.25, 0.3) is 0 Å². The molecule has 0 atom stereocenters. The van der Waals surface area contributed by atoms with Crippen LogP contribution in [0.1, 0.15) is 16.1 Å². The van der Waals surface area contributed by atoms with Gasteiger partial charge in [-0.25, -0.2) is 4.52 Å². The molecule has 0 fully saturated rings. The predicted octanol–water partition coefficient (Wildman–Crippen LogP) is 3.88. The van der Waals surface area contributed by atoms with Crippen molar-refractivity contribution in [1.82, 2.24) is 19.9 Å². The second kappa shape index (κ2) is 8.95. The number of ether oxygens (including phenoxy) is 3. The molecule has 2 aromatic heterocycles. The molecule has 8 nitrogen and oxygen atoms in total. The van der Waals surface area contributed by atoms with Crippen LogP contribution >= 0.6 is 11.3 Å². The van der Waals surface area contributed by atoms with Gasteiger partial charge in [-0.3, -0.25) is 4.79 Å². The number of thiazole rings is 1. The van der Waals surface area contributed by atoms with Crippen LogP contribution in [0.15, 0.2) is 48.5 Å². The number of hydrogen-bond donors (Lipinski definition) is 1. The number of rotatable bonds is 7.